The van der Waals surface area contributed by atoms with Crippen molar-refractivity contribution in [2.75, 3.05) is 6.61 Å². The molecule has 0 aliphatic rings. The lowest BCUT2D eigenvalue weighted by Crippen LogP contribution is -1.95. The zero-order chi connectivity index (χ0) is 12.1. The molecular weight excluding hydrogens is 223 g/mol. The van der Waals surface area contributed by atoms with Crippen LogP contribution in [0.2, 0.25) is 0 Å². The van der Waals surface area contributed by atoms with Crippen LogP contribution in [-0.2, 0) is 12.8 Å². The van der Waals surface area contributed by atoms with Crippen molar-refractivity contribution < 1.29 is 14.0 Å². The Morgan fingerprint density at radius 3 is 2.88 bits per heavy atom. The lowest BCUT2D eigenvalue weighted by molar-refractivity contribution is 0.278. The Morgan fingerprint density at radius 2 is 2.12 bits per heavy atom. The maximum Gasteiger partial charge on any atom is 0.226 e. The summed E-state index contributed by atoms with van der Waals surface area (Å²) in [6.07, 6.45) is 1.44. The Labute approximate surface area is 98.1 Å². The third kappa shape index (κ3) is 3.10. The van der Waals surface area contributed by atoms with Crippen LogP contribution < -0.4 is 0 Å². The molecule has 0 radical (unpaired) electrons. The van der Waals surface area contributed by atoms with Gasteiger partial charge in [-0.1, -0.05) is 23.4 Å². The van der Waals surface area contributed by atoms with Crippen molar-refractivity contribution in [3.05, 3.63) is 47.4 Å². The number of nitrogens with zero attached hydrogens (tertiary/aromatic N) is 2. The number of benzene rings is 1. The summed E-state index contributed by atoms with van der Waals surface area (Å²) in [6, 6.07) is 6.51. The first-order valence-corrected chi connectivity index (χ1v) is 5.45. The molecule has 0 amide bonds. The third-order valence-corrected chi connectivity index (χ3v) is 2.37. The van der Waals surface area contributed by atoms with E-state index in [0.717, 1.165) is 0 Å². The minimum atomic E-state index is -0.269. The summed E-state index contributed by atoms with van der Waals surface area (Å²) < 4.78 is 18.3. The number of hydrogen-bond donors (Lipinski definition) is 1. The molecule has 1 aromatic carbocycles. The molecule has 0 atom stereocenters. The third-order valence-electron chi connectivity index (χ3n) is 2.37. The Balaban J connectivity index is 2.04. The van der Waals surface area contributed by atoms with E-state index in [0.29, 0.717) is 36.5 Å². The summed E-state index contributed by atoms with van der Waals surface area (Å²) in [5.74, 6) is 0.669. The molecule has 17 heavy (non-hydrogen) atoms. The predicted octanol–water partition coefficient (Wildman–Crippen LogP) is 1.72. The molecule has 2 aromatic rings. The van der Waals surface area contributed by atoms with Crippen LogP contribution >= 0.6 is 0 Å². The van der Waals surface area contributed by atoms with Crippen LogP contribution in [0.3, 0.4) is 0 Å². The monoisotopic (exact) mass is 236 g/mol. The van der Waals surface area contributed by atoms with Crippen LogP contribution in [0.15, 0.2) is 28.8 Å². The zero-order valence-corrected chi connectivity index (χ0v) is 9.27. The normalized spacial score (nSPS) is 10.7. The van der Waals surface area contributed by atoms with E-state index in [1.807, 2.05) is 0 Å². The van der Waals surface area contributed by atoms with Crippen molar-refractivity contribution in [3.63, 3.8) is 0 Å². The maximum atomic E-state index is 13.4. The molecule has 90 valence electrons. The van der Waals surface area contributed by atoms with E-state index in [-0.39, 0.29) is 12.4 Å². The van der Waals surface area contributed by atoms with Crippen molar-refractivity contribution in [2.45, 2.75) is 19.3 Å². The van der Waals surface area contributed by atoms with E-state index in [4.69, 9.17) is 9.63 Å². The van der Waals surface area contributed by atoms with Crippen LogP contribution in [0.4, 0.5) is 4.39 Å². The van der Waals surface area contributed by atoms with Gasteiger partial charge in [0, 0.05) is 19.4 Å². The van der Waals surface area contributed by atoms with Gasteiger partial charge in [0.2, 0.25) is 5.89 Å². The highest BCUT2D eigenvalue weighted by Crippen LogP contribution is 2.11. The molecule has 1 N–H and O–H groups in total. The summed E-state index contributed by atoms with van der Waals surface area (Å²) in [6.45, 7) is 0.0883. The van der Waals surface area contributed by atoms with Gasteiger partial charge in [-0.25, -0.2) is 4.39 Å². The van der Waals surface area contributed by atoms with Crippen LogP contribution in [0, 0.1) is 5.82 Å². The van der Waals surface area contributed by atoms with Crippen molar-refractivity contribution in [1.82, 2.24) is 10.1 Å². The topological polar surface area (TPSA) is 59.2 Å². The Morgan fingerprint density at radius 1 is 1.29 bits per heavy atom. The number of aliphatic hydroxyl groups is 1. The molecule has 0 saturated heterocycles. The summed E-state index contributed by atoms with van der Waals surface area (Å²) >= 11 is 0. The highest BCUT2D eigenvalue weighted by molar-refractivity contribution is 5.20. The van der Waals surface area contributed by atoms with E-state index in [9.17, 15) is 4.39 Å². The predicted molar refractivity (Wildman–Crippen MR) is 58.9 cm³/mol. The summed E-state index contributed by atoms with van der Waals surface area (Å²) in [5.41, 5.74) is 0.544. The Hall–Kier alpha value is -1.75. The highest BCUT2D eigenvalue weighted by Gasteiger charge is 2.09. The van der Waals surface area contributed by atoms with Gasteiger partial charge in [-0.2, -0.15) is 4.98 Å². The van der Waals surface area contributed by atoms with E-state index in [1.165, 1.54) is 6.07 Å². The van der Waals surface area contributed by atoms with Gasteiger partial charge in [0.25, 0.3) is 0 Å². The largest absolute Gasteiger partial charge is 0.396 e. The molecule has 1 aromatic heterocycles. The molecular formula is C12H13FN2O2. The van der Waals surface area contributed by atoms with Gasteiger partial charge in [-0.3, -0.25) is 0 Å². The summed E-state index contributed by atoms with van der Waals surface area (Å²) in [7, 11) is 0. The zero-order valence-electron chi connectivity index (χ0n) is 9.27. The molecule has 0 aliphatic carbocycles. The first-order chi connectivity index (χ1) is 8.29. The second-order valence-electron chi connectivity index (χ2n) is 3.70. The van der Waals surface area contributed by atoms with E-state index in [1.54, 1.807) is 18.2 Å². The fourth-order valence-electron chi connectivity index (χ4n) is 1.51. The molecule has 0 spiro atoms. The first kappa shape index (κ1) is 11.7. The molecule has 0 aliphatic heterocycles. The van der Waals surface area contributed by atoms with Gasteiger partial charge in [-0.15, -0.1) is 0 Å². The average molecular weight is 236 g/mol. The molecule has 0 bridgehead atoms. The van der Waals surface area contributed by atoms with Gasteiger partial charge in [0.1, 0.15) is 5.82 Å². The molecule has 0 fully saturated rings. The van der Waals surface area contributed by atoms with E-state index in [2.05, 4.69) is 10.1 Å². The van der Waals surface area contributed by atoms with Gasteiger partial charge in [-0.05, 0) is 18.1 Å². The molecule has 5 heteroatoms. The molecule has 1 heterocycles. The number of aryl methyl sites for hydroxylation is 1. The molecule has 0 saturated carbocycles. The number of hydrogen-bond acceptors (Lipinski definition) is 4. The number of aliphatic hydroxyl groups excluding tert-OH is 1. The van der Waals surface area contributed by atoms with Gasteiger partial charge >= 0.3 is 0 Å². The lowest BCUT2D eigenvalue weighted by Gasteiger charge is -1.97. The van der Waals surface area contributed by atoms with Gasteiger partial charge < -0.3 is 9.63 Å². The Bertz CT molecular complexity index is 485. The molecule has 0 unspecified atom stereocenters. The van der Waals surface area contributed by atoms with Gasteiger partial charge in [0.15, 0.2) is 5.82 Å². The SMILES string of the molecule is OCCCc1nc(Cc2ccccc2F)no1. The van der Waals surface area contributed by atoms with Crippen LogP contribution in [0.1, 0.15) is 23.7 Å². The van der Waals surface area contributed by atoms with Crippen LogP contribution in [0.25, 0.3) is 0 Å². The lowest BCUT2D eigenvalue weighted by atomic mass is 10.1. The van der Waals surface area contributed by atoms with E-state index >= 15 is 0 Å². The summed E-state index contributed by atoms with van der Waals surface area (Å²) in [4.78, 5) is 4.13. The molecule has 2 rings (SSSR count). The smallest absolute Gasteiger partial charge is 0.226 e. The highest BCUT2D eigenvalue weighted by atomic mass is 19.1. The standard InChI is InChI=1S/C12H13FN2O2/c13-10-5-2-1-4-9(10)8-11-14-12(17-15-11)6-3-7-16/h1-2,4-5,16H,3,6-8H2. The second-order valence-corrected chi connectivity index (χ2v) is 3.70. The fourth-order valence-corrected chi connectivity index (χ4v) is 1.51. The van der Waals surface area contributed by atoms with E-state index < -0.39 is 0 Å². The van der Waals surface area contributed by atoms with Crippen LogP contribution in [-0.4, -0.2) is 21.9 Å². The average Bonchev–Trinajstić information content (AvgIpc) is 2.77. The fraction of sp³-hybridized carbons (Fsp3) is 0.333. The minimum Gasteiger partial charge on any atom is -0.396 e. The van der Waals surface area contributed by atoms with Crippen molar-refractivity contribution in [3.8, 4) is 0 Å². The quantitative estimate of drug-likeness (QED) is 0.858. The second kappa shape index (κ2) is 5.54. The van der Waals surface area contributed by atoms with Crippen LogP contribution in [0.5, 0.6) is 0 Å². The van der Waals surface area contributed by atoms with Crippen molar-refractivity contribution in [1.29, 1.82) is 0 Å². The summed E-state index contributed by atoms with van der Waals surface area (Å²) in [5, 5.41) is 12.4. The van der Waals surface area contributed by atoms with Crippen molar-refractivity contribution >= 4 is 0 Å². The number of rotatable bonds is 5. The number of halogens is 1. The first-order valence-electron chi connectivity index (χ1n) is 5.45. The van der Waals surface area contributed by atoms with Crippen molar-refractivity contribution in [2.24, 2.45) is 0 Å². The maximum absolute atomic E-state index is 13.4. The number of aromatic nitrogens is 2. The molecule has 4 nitrogen and oxygen atoms in total. The van der Waals surface area contributed by atoms with Gasteiger partial charge in [0.05, 0.1) is 0 Å². The minimum absolute atomic E-state index is 0.0883. The Kier molecular flexibility index (Phi) is 3.82.